The molecule has 5 nitrogen and oxygen atoms in total. The number of thiazole rings is 1. The minimum atomic E-state index is 0. The van der Waals surface area contributed by atoms with E-state index in [-0.39, 0.29) is 29.5 Å². The van der Waals surface area contributed by atoms with Crippen molar-refractivity contribution in [3.8, 4) is 0 Å². The number of guanidine groups is 1. The predicted molar refractivity (Wildman–Crippen MR) is 103 cm³/mol. The summed E-state index contributed by atoms with van der Waals surface area (Å²) in [7, 11) is 1.79. The minimum absolute atomic E-state index is 0. The molecule has 0 atom stereocenters. The van der Waals surface area contributed by atoms with E-state index < -0.39 is 0 Å². The third-order valence-electron chi connectivity index (χ3n) is 2.60. The van der Waals surface area contributed by atoms with Crippen LogP contribution in [0.5, 0.6) is 0 Å². The van der Waals surface area contributed by atoms with Crippen LogP contribution in [-0.2, 0) is 6.42 Å². The highest BCUT2D eigenvalue weighted by molar-refractivity contribution is 14.0. The van der Waals surface area contributed by atoms with E-state index in [1.54, 1.807) is 18.4 Å². The van der Waals surface area contributed by atoms with E-state index in [1.165, 1.54) is 9.88 Å². The van der Waals surface area contributed by atoms with Crippen molar-refractivity contribution in [2.24, 2.45) is 4.99 Å². The minimum Gasteiger partial charge on any atom is -0.356 e. The van der Waals surface area contributed by atoms with Crippen LogP contribution in [0.1, 0.15) is 30.7 Å². The molecule has 0 fully saturated rings. The molecule has 1 rings (SSSR count). The molecule has 0 amide bonds. The highest BCUT2D eigenvalue weighted by atomic mass is 127. The molecule has 0 spiro atoms. The molecule has 1 heterocycles. The molecule has 0 aliphatic heterocycles. The number of hydrogen-bond donors (Lipinski definition) is 3. The van der Waals surface area contributed by atoms with Crippen LogP contribution in [0.15, 0.2) is 11.2 Å². The number of halogens is 1. The summed E-state index contributed by atoms with van der Waals surface area (Å²) in [5.74, 6) is 0.842. The normalized spacial score (nSPS) is 12.0. The molecular weight excluding hydrogens is 397 g/mol. The maximum atomic E-state index is 4.35. The quantitative estimate of drug-likeness (QED) is 0.283. The van der Waals surface area contributed by atoms with E-state index >= 15 is 0 Å². The lowest BCUT2D eigenvalue weighted by Crippen LogP contribution is -2.44. The molecule has 0 bridgehead atoms. The van der Waals surface area contributed by atoms with Gasteiger partial charge in [0, 0.05) is 49.7 Å². The van der Waals surface area contributed by atoms with Crippen LogP contribution in [0, 0.1) is 6.92 Å². The number of rotatable bonds is 6. The second-order valence-corrected chi connectivity index (χ2v) is 7.04. The smallest absolute Gasteiger partial charge is 0.191 e. The third kappa shape index (κ3) is 10.0. The van der Waals surface area contributed by atoms with Gasteiger partial charge in [0.1, 0.15) is 0 Å². The molecule has 1 aromatic rings. The second kappa shape index (κ2) is 10.3. The Balaban J connectivity index is 0.00000400. The Labute approximate surface area is 149 Å². The van der Waals surface area contributed by atoms with Gasteiger partial charge in [-0.15, -0.1) is 35.3 Å². The van der Waals surface area contributed by atoms with E-state index in [0.29, 0.717) is 0 Å². The van der Waals surface area contributed by atoms with Crippen LogP contribution < -0.4 is 16.0 Å². The molecule has 7 heteroatoms. The van der Waals surface area contributed by atoms with Gasteiger partial charge in [-0.25, -0.2) is 4.98 Å². The van der Waals surface area contributed by atoms with E-state index in [2.05, 4.69) is 53.6 Å². The lowest BCUT2D eigenvalue weighted by atomic mass is 10.1. The molecule has 0 aliphatic rings. The first-order valence-electron chi connectivity index (χ1n) is 7.01. The summed E-state index contributed by atoms with van der Waals surface area (Å²) in [5, 5.41) is 11.2. The Morgan fingerprint density at radius 1 is 1.24 bits per heavy atom. The van der Waals surface area contributed by atoms with Gasteiger partial charge in [0.25, 0.3) is 0 Å². The summed E-state index contributed by atoms with van der Waals surface area (Å²) in [6, 6.07) is 0. The predicted octanol–water partition coefficient (Wildman–Crippen LogP) is 2.17. The topological polar surface area (TPSA) is 61.3 Å². The molecule has 0 aliphatic carbocycles. The van der Waals surface area contributed by atoms with Crippen molar-refractivity contribution in [3.63, 3.8) is 0 Å². The molecule has 0 radical (unpaired) electrons. The Kier molecular flexibility index (Phi) is 10.1. The zero-order chi connectivity index (χ0) is 15.0. The second-order valence-electron chi connectivity index (χ2n) is 5.72. The van der Waals surface area contributed by atoms with E-state index in [0.717, 1.165) is 32.0 Å². The van der Waals surface area contributed by atoms with Gasteiger partial charge in [0.05, 0.1) is 5.01 Å². The number of aromatic nitrogens is 1. The van der Waals surface area contributed by atoms with E-state index in [1.807, 2.05) is 6.20 Å². The van der Waals surface area contributed by atoms with Gasteiger partial charge >= 0.3 is 0 Å². The average Bonchev–Trinajstić information content (AvgIpc) is 2.77. The fourth-order valence-electron chi connectivity index (χ4n) is 1.64. The molecule has 0 saturated heterocycles. The van der Waals surface area contributed by atoms with Crippen molar-refractivity contribution >= 4 is 41.3 Å². The molecule has 0 aromatic carbocycles. The van der Waals surface area contributed by atoms with Crippen molar-refractivity contribution in [1.82, 2.24) is 20.9 Å². The molecule has 3 N–H and O–H groups in total. The van der Waals surface area contributed by atoms with Crippen molar-refractivity contribution in [3.05, 3.63) is 16.1 Å². The van der Waals surface area contributed by atoms with Crippen LogP contribution in [-0.4, -0.2) is 43.2 Å². The van der Waals surface area contributed by atoms with Crippen LogP contribution in [0.2, 0.25) is 0 Å². The van der Waals surface area contributed by atoms with Gasteiger partial charge in [-0.05, 0) is 27.7 Å². The average molecular weight is 425 g/mol. The first-order chi connectivity index (χ1) is 9.40. The fraction of sp³-hybridized carbons (Fsp3) is 0.714. The number of nitrogens with zero attached hydrogens (tertiary/aromatic N) is 2. The lowest BCUT2D eigenvalue weighted by Gasteiger charge is -2.21. The SMILES string of the molecule is CN=C(NCCNC(C)(C)C)NCCc1ncc(C)s1.I. The maximum Gasteiger partial charge on any atom is 0.191 e. The lowest BCUT2D eigenvalue weighted by molar-refractivity contribution is 0.428. The summed E-state index contributed by atoms with van der Waals surface area (Å²) in [5.41, 5.74) is 0.154. The summed E-state index contributed by atoms with van der Waals surface area (Å²) in [4.78, 5) is 9.82. The van der Waals surface area contributed by atoms with Crippen LogP contribution >= 0.6 is 35.3 Å². The summed E-state index contributed by atoms with van der Waals surface area (Å²) >= 11 is 1.75. The summed E-state index contributed by atoms with van der Waals surface area (Å²) in [6.07, 6.45) is 2.85. The molecule has 21 heavy (non-hydrogen) atoms. The van der Waals surface area contributed by atoms with Gasteiger partial charge in [0.2, 0.25) is 0 Å². The highest BCUT2D eigenvalue weighted by Gasteiger charge is 2.07. The Hall–Kier alpha value is -0.410. The maximum absolute atomic E-state index is 4.35. The first kappa shape index (κ1) is 20.6. The third-order valence-corrected chi connectivity index (χ3v) is 3.57. The number of aryl methyl sites for hydroxylation is 1. The van der Waals surface area contributed by atoms with Gasteiger partial charge in [-0.1, -0.05) is 0 Å². The van der Waals surface area contributed by atoms with Crippen LogP contribution in [0.3, 0.4) is 0 Å². The highest BCUT2D eigenvalue weighted by Crippen LogP contribution is 2.10. The molecule has 0 saturated carbocycles. The van der Waals surface area contributed by atoms with Crippen molar-refractivity contribution < 1.29 is 0 Å². The largest absolute Gasteiger partial charge is 0.356 e. The van der Waals surface area contributed by atoms with E-state index in [4.69, 9.17) is 0 Å². The number of aliphatic imine (C=N–C) groups is 1. The summed E-state index contributed by atoms with van der Waals surface area (Å²) < 4.78 is 0. The van der Waals surface area contributed by atoms with Gasteiger partial charge < -0.3 is 16.0 Å². The Morgan fingerprint density at radius 2 is 1.90 bits per heavy atom. The van der Waals surface area contributed by atoms with Gasteiger partial charge in [0.15, 0.2) is 5.96 Å². The molecular formula is C14H28IN5S. The first-order valence-corrected chi connectivity index (χ1v) is 7.83. The van der Waals surface area contributed by atoms with E-state index in [9.17, 15) is 0 Å². The zero-order valence-corrected chi connectivity index (χ0v) is 16.8. The molecule has 122 valence electrons. The van der Waals surface area contributed by atoms with Gasteiger partial charge in [-0.3, -0.25) is 4.99 Å². The van der Waals surface area contributed by atoms with Crippen molar-refractivity contribution in [2.75, 3.05) is 26.7 Å². The Morgan fingerprint density at radius 3 is 2.43 bits per heavy atom. The zero-order valence-electron chi connectivity index (χ0n) is 13.6. The summed E-state index contributed by atoms with van der Waals surface area (Å²) in [6.45, 7) is 11.2. The molecule has 0 unspecified atom stereocenters. The Bertz CT molecular complexity index is 425. The number of nitrogens with one attached hydrogen (secondary N) is 3. The van der Waals surface area contributed by atoms with Gasteiger partial charge in [-0.2, -0.15) is 0 Å². The van der Waals surface area contributed by atoms with Crippen LogP contribution in [0.4, 0.5) is 0 Å². The monoisotopic (exact) mass is 425 g/mol. The van der Waals surface area contributed by atoms with Crippen LogP contribution in [0.25, 0.3) is 0 Å². The number of hydrogen-bond acceptors (Lipinski definition) is 4. The standard InChI is InChI=1S/C14H27N5S.HI/c1-11-10-18-12(20-11)6-7-16-13(15-5)17-8-9-19-14(2,3)4;/h10,19H,6-9H2,1-5H3,(H2,15,16,17);1H. The fourth-order valence-corrected chi connectivity index (χ4v) is 2.43. The van der Waals surface area contributed by atoms with Crippen molar-refractivity contribution in [2.45, 2.75) is 39.7 Å². The van der Waals surface area contributed by atoms with Crippen molar-refractivity contribution in [1.29, 1.82) is 0 Å². The molecule has 1 aromatic heterocycles.